The van der Waals surface area contributed by atoms with Crippen molar-refractivity contribution in [1.82, 2.24) is 10.2 Å². The zero-order valence-corrected chi connectivity index (χ0v) is 16.0. The standard InChI is InChI=1S/C20H27N3O4/c1-14(2)12-21-19(24)11-16-13-27-18-5-4-15(10-17(18)22(16)3)20(25)23-6-8-26-9-7-23/h4-5,10,16H,1,6-9,11-13H2,2-3H3,(H,21,24)/t16-/m0/s1. The molecule has 1 N–H and O–H groups in total. The molecule has 1 aromatic carbocycles. The van der Waals surface area contributed by atoms with Crippen molar-refractivity contribution in [2.75, 3.05) is 51.4 Å². The maximum Gasteiger partial charge on any atom is 0.254 e. The van der Waals surface area contributed by atoms with Gasteiger partial charge in [0.25, 0.3) is 5.91 Å². The summed E-state index contributed by atoms with van der Waals surface area (Å²) < 4.78 is 11.1. The van der Waals surface area contributed by atoms with E-state index >= 15 is 0 Å². The predicted octanol–water partition coefficient (Wildman–Crippen LogP) is 1.44. The third kappa shape index (κ3) is 4.60. The van der Waals surface area contributed by atoms with Gasteiger partial charge in [-0.2, -0.15) is 0 Å². The molecule has 0 saturated carbocycles. The highest BCUT2D eigenvalue weighted by Gasteiger charge is 2.28. The molecule has 0 aromatic heterocycles. The minimum Gasteiger partial charge on any atom is -0.489 e. The minimum absolute atomic E-state index is 0.00387. The van der Waals surface area contributed by atoms with Crippen LogP contribution in [0, 0.1) is 0 Å². The number of hydrogen-bond donors (Lipinski definition) is 1. The second kappa shape index (κ2) is 8.43. The van der Waals surface area contributed by atoms with Gasteiger partial charge in [-0.3, -0.25) is 9.59 Å². The van der Waals surface area contributed by atoms with Gasteiger partial charge in [0.1, 0.15) is 12.4 Å². The van der Waals surface area contributed by atoms with E-state index in [4.69, 9.17) is 9.47 Å². The third-order valence-electron chi connectivity index (χ3n) is 4.87. The van der Waals surface area contributed by atoms with Crippen molar-refractivity contribution in [3.63, 3.8) is 0 Å². The van der Waals surface area contributed by atoms with E-state index in [-0.39, 0.29) is 17.9 Å². The zero-order chi connectivity index (χ0) is 19.4. The lowest BCUT2D eigenvalue weighted by atomic mass is 10.1. The molecular formula is C20H27N3O4. The average Bonchev–Trinajstić information content (AvgIpc) is 2.68. The molecule has 2 aliphatic heterocycles. The Morgan fingerprint density at radius 1 is 1.30 bits per heavy atom. The maximum atomic E-state index is 12.7. The number of rotatable bonds is 5. The van der Waals surface area contributed by atoms with Gasteiger partial charge in [-0.1, -0.05) is 12.2 Å². The number of ether oxygens (including phenoxy) is 2. The molecule has 146 valence electrons. The topological polar surface area (TPSA) is 71.1 Å². The van der Waals surface area contributed by atoms with Crippen LogP contribution in [0.4, 0.5) is 5.69 Å². The molecule has 0 aliphatic carbocycles. The molecule has 0 bridgehead atoms. The fourth-order valence-corrected chi connectivity index (χ4v) is 3.22. The molecule has 2 amide bonds. The molecule has 1 atom stereocenters. The molecule has 27 heavy (non-hydrogen) atoms. The number of amides is 2. The quantitative estimate of drug-likeness (QED) is 0.791. The Balaban J connectivity index is 1.70. The first-order valence-corrected chi connectivity index (χ1v) is 9.23. The molecule has 0 radical (unpaired) electrons. The Labute approximate surface area is 159 Å². The molecule has 0 unspecified atom stereocenters. The Morgan fingerprint density at radius 2 is 2.04 bits per heavy atom. The minimum atomic E-state index is -0.0867. The number of benzene rings is 1. The first-order valence-electron chi connectivity index (χ1n) is 9.23. The highest BCUT2D eigenvalue weighted by molar-refractivity contribution is 5.96. The van der Waals surface area contributed by atoms with E-state index in [1.54, 1.807) is 11.0 Å². The van der Waals surface area contributed by atoms with Gasteiger partial charge in [-0.05, 0) is 25.1 Å². The Kier molecular flexibility index (Phi) is 6.01. The van der Waals surface area contributed by atoms with Gasteiger partial charge in [0.2, 0.25) is 5.91 Å². The number of morpholine rings is 1. The van der Waals surface area contributed by atoms with E-state index in [1.807, 2.05) is 31.0 Å². The van der Waals surface area contributed by atoms with E-state index in [9.17, 15) is 9.59 Å². The van der Waals surface area contributed by atoms with Crippen molar-refractivity contribution in [2.45, 2.75) is 19.4 Å². The zero-order valence-electron chi connectivity index (χ0n) is 16.0. The summed E-state index contributed by atoms with van der Waals surface area (Å²) in [5.74, 6) is 0.688. The number of likely N-dealkylation sites (N-methyl/N-ethyl adjacent to an activating group) is 1. The summed E-state index contributed by atoms with van der Waals surface area (Å²) >= 11 is 0. The summed E-state index contributed by atoms with van der Waals surface area (Å²) in [5.41, 5.74) is 2.37. The summed E-state index contributed by atoms with van der Waals surface area (Å²) in [4.78, 5) is 28.7. The fourth-order valence-electron chi connectivity index (χ4n) is 3.22. The SMILES string of the molecule is C=C(C)CNC(=O)C[C@H]1COc2ccc(C(=O)N3CCOCC3)cc2N1C. The van der Waals surface area contributed by atoms with Crippen molar-refractivity contribution in [3.05, 3.63) is 35.9 Å². The van der Waals surface area contributed by atoms with Crippen LogP contribution < -0.4 is 15.0 Å². The van der Waals surface area contributed by atoms with Crippen LogP contribution in [0.1, 0.15) is 23.7 Å². The lowest BCUT2D eigenvalue weighted by Crippen LogP contribution is -2.44. The van der Waals surface area contributed by atoms with Crippen LogP contribution >= 0.6 is 0 Å². The summed E-state index contributed by atoms with van der Waals surface area (Å²) in [6.07, 6.45) is 0.324. The summed E-state index contributed by atoms with van der Waals surface area (Å²) in [6, 6.07) is 5.39. The first kappa shape index (κ1) is 19.2. The van der Waals surface area contributed by atoms with Crippen LogP contribution in [0.2, 0.25) is 0 Å². The summed E-state index contributed by atoms with van der Waals surface area (Å²) in [5, 5.41) is 2.85. The van der Waals surface area contributed by atoms with Crippen molar-refractivity contribution >= 4 is 17.5 Å². The number of carbonyl (C=O) groups excluding carboxylic acids is 2. The predicted molar refractivity (Wildman–Crippen MR) is 103 cm³/mol. The summed E-state index contributed by atoms with van der Waals surface area (Å²) in [7, 11) is 1.93. The second-order valence-corrected chi connectivity index (χ2v) is 7.10. The molecule has 1 saturated heterocycles. The number of hydrogen-bond acceptors (Lipinski definition) is 5. The average molecular weight is 373 g/mol. The van der Waals surface area contributed by atoms with Crippen LogP contribution in [0.3, 0.4) is 0 Å². The number of anilines is 1. The molecule has 2 aliphatic rings. The Bertz CT molecular complexity index is 728. The third-order valence-corrected chi connectivity index (χ3v) is 4.87. The first-order chi connectivity index (χ1) is 13.0. The van der Waals surface area contributed by atoms with Gasteiger partial charge >= 0.3 is 0 Å². The maximum absolute atomic E-state index is 12.7. The highest BCUT2D eigenvalue weighted by atomic mass is 16.5. The lowest BCUT2D eigenvalue weighted by Gasteiger charge is -2.36. The van der Waals surface area contributed by atoms with Gasteiger partial charge in [-0.25, -0.2) is 0 Å². The lowest BCUT2D eigenvalue weighted by molar-refractivity contribution is -0.121. The van der Waals surface area contributed by atoms with Crippen molar-refractivity contribution in [2.24, 2.45) is 0 Å². The second-order valence-electron chi connectivity index (χ2n) is 7.10. The van der Waals surface area contributed by atoms with Crippen LogP contribution in [-0.2, 0) is 9.53 Å². The fraction of sp³-hybridized carbons (Fsp3) is 0.500. The van der Waals surface area contributed by atoms with Gasteiger partial charge in [-0.15, -0.1) is 0 Å². The molecular weight excluding hydrogens is 346 g/mol. The molecule has 1 fully saturated rings. The molecule has 3 rings (SSSR count). The van der Waals surface area contributed by atoms with Crippen molar-refractivity contribution in [1.29, 1.82) is 0 Å². The smallest absolute Gasteiger partial charge is 0.254 e. The number of carbonyl (C=O) groups is 2. The number of nitrogens with one attached hydrogen (secondary N) is 1. The normalized spacial score (nSPS) is 19.1. The highest BCUT2D eigenvalue weighted by Crippen LogP contribution is 2.34. The van der Waals surface area contributed by atoms with Crippen LogP contribution in [-0.4, -0.2) is 69.3 Å². The van der Waals surface area contributed by atoms with E-state index in [2.05, 4.69) is 11.9 Å². The van der Waals surface area contributed by atoms with Crippen LogP contribution in [0.15, 0.2) is 30.4 Å². The molecule has 0 spiro atoms. The van der Waals surface area contributed by atoms with Crippen LogP contribution in [0.5, 0.6) is 5.75 Å². The van der Waals surface area contributed by atoms with E-state index in [0.29, 0.717) is 51.4 Å². The van der Waals surface area contributed by atoms with Crippen molar-refractivity contribution in [3.8, 4) is 5.75 Å². The summed E-state index contributed by atoms with van der Waals surface area (Å²) in [6.45, 7) is 8.92. The number of fused-ring (bicyclic) bond motifs is 1. The van der Waals surface area contributed by atoms with Gasteiger partial charge in [0, 0.05) is 32.2 Å². The molecule has 7 heteroatoms. The van der Waals surface area contributed by atoms with E-state index in [1.165, 1.54) is 0 Å². The Hall–Kier alpha value is -2.54. The van der Waals surface area contributed by atoms with Gasteiger partial charge in [0.05, 0.1) is 31.4 Å². The largest absolute Gasteiger partial charge is 0.489 e. The van der Waals surface area contributed by atoms with Gasteiger partial charge < -0.3 is 24.6 Å². The van der Waals surface area contributed by atoms with Crippen molar-refractivity contribution < 1.29 is 19.1 Å². The van der Waals surface area contributed by atoms with E-state index < -0.39 is 0 Å². The molecule has 7 nitrogen and oxygen atoms in total. The molecule has 1 aromatic rings. The van der Waals surface area contributed by atoms with Crippen LogP contribution in [0.25, 0.3) is 0 Å². The monoisotopic (exact) mass is 373 g/mol. The van der Waals surface area contributed by atoms with Gasteiger partial charge in [0.15, 0.2) is 0 Å². The Morgan fingerprint density at radius 3 is 2.74 bits per heavy atom. The molecule has 2 heterocycles. The van der Waals surface area contributed by atoms with E-state index in [0.717, 1.165) is 17.0 Å². The number of nitrogens with zero attached hydrogens (tertiary/aromatic N) is 2.